The largest absolute Gasteiger partial charge is 0.492 e. The Labute approximate surface area is 179 Å². The molecular weight excluding hydrogens is 404 g/mol. The quantitative estimate of drug-likeness (QED) is 0.544. The van der Waals surface area contributed by atoms with Gasteiger partial charge in [0, 0.05) is 17.7 Å². The van der Waals surface area contributed by atoms with Crippen LogP contribution in [0.3, 0.4) is 0 Å². The standard InChI is InChI=1S/C22H26N2O5S/c1-2-29-16-10-5-4-9-15(16)23-21(28)20-14-8-3-6-11-17(14)30-22(20)24-18(25)12-7-13-19(26)27/h4-5,9-10H,2-3,6-8,11-13H2,1H3,(H,23,28)(H,24,25)(H,26,27). The number of para-hydroxylation sites is 2. The van der Waals surface area contributed by atoms with Gasteiger partial charge in [0.05, 0.1) is 17.9 Å². The Morgan fingerprint density at radius 3 is 2.63 bits per heavy atom. The van der Waals surface area contributed by atoms with E-state index in [0.29, 0.717) is 28.6 Å². The van der Waals surface area contributed by atoms with Crippen molar-refractivity contribution in [3.8, 4) is 5.75 Å². The van der Waals surface area contributed by atoms with E-state index in [1.807, 2.05) is 19.1 Å². The number of aliphatic carboxylic acids is 1. The summed E-state index contributed by atoms with van der Waals surface area (Å²) in [5.41, 5.74) is 2.09. The maximum atomic E-state index is 13.2. The van der Waals surface area contributed by atoms with Crippen LogP contribution in [0.25, 0.3) is 0 Å². The number of carboxylic acid groups (broad SMARTS) is 1. The fourth-order valence-corrected chi connectivity index (χ4v) is 4.82. The van der Waals surface area contributed by atoms with E-state index >= 15 is 0 Å². The number of ether oxygens (including phenoxy) is 1. The van der Waals surface area contributed by atoms with Crippen molar-refractivity contribution in [2.45, 2.75) is 51.9 Å². The lowest BCUT2D eigenvalue weighted by molar-refractivity contribution is -0.137. The summed E-state index contributed by atoms with van der Waals surface area (Å²) < 4.78 is 5.60. The predicted molar refractivity (Wildman–Crippen MR) is 117 cm³/mol. The second-order valence-electron chi connectivity index (χ2n) is 7.09. The number of anilines is 2. The number of carboxylic acids is 1. The van der Waals surface area contributed by atoms with Gasteiger partial charge in [-0.3, -0.25) is 14.4 Å². The van der Waals surface area contributed by atoms with Gasteiger partial charge >= 0.3 is 5.97 Å². The molecule has 0 saturated heterocycles. The van der Waals surface area contributed by atoms with Crippen LogP contribution in [0.1, 0.15) is 59.8 Å². The maximum absolute atomic E-state index is 13.2. The van der Waals surface area contributed by atoms with Gasteiger partial charge in [-0.1, -0.05) is 12.1 Å². The first-order valence-electron chi connectivity index (χ1n) is 10.2. The van der Waals surface area contributed by atoms with Crippen LogP contribution in [0.15, 0.2) is 24.3 Å². The Balaban J connectivity index is 1.82. The number of hydrogen-bond donors (Lipinski definition) is 3. The third-order valence-electron chi connectivity index (χ3n) is 4.88. The van der Waals surface area contributed by atoms with Gasteiger partial charge in [0.25, 0.3) is 5.91 Å². The van der Waals surface area contributed by atoms with Gasteiger partial charge in [0.1, 0.15) is 10.8 Å². The zero-order valence-electron chi connectivity index (χ0n) is 17.0. The van der Waals surface area contributed by atoms with E-state index in [0.717, 1.165) is 36.1 Å². The van der Waals surface area contributed by atoms with E-state index in [4.69, 9.17) is 9.84 Å². The number of hydrogen-bond acceptors (Lipinski definition) is 5. The SMILES string of the molecule is CCOc1ccccc1NC(=O)c1c(NC(=O)CCCC(=O)O)sc2c1CCCC2. The van der Waals surface area contributed by atoms with Crippen LogP contribution in [-0.2, 0) is 22.4 Å². The Morgan fingerprint density at radius 1 is 1.10 bits per heavy atom. The van der Waals surface area contributed by atoms with Crippen LogP contribution >= 0.6 is 11.3 Å². The summed E-state index contributed by atoms with van der Waals surface area (Å²) >= 11 is 1.44. The molecule has 1 aromatic heterocycles. The first-order chi connectivity index (χ1) is 14.5. The monoisotopic (exact) mass is 430 g/mol. The molecule has 8 heteroatoms. The number of thiophene rings is 1. The number of carbonyl (C=O) groups is 3. The van der Waals surface area contributed by atoms with Gasteiger partial charge < -0.3 is 20.5 Å². The molecule has 3 rings (SSSR count). The molecule has 1 aromatic carbocycles. The molecule has 0 aliphatic heterocycles. The lowest BCUT2D eigenvalue weighted by atomic mass is 9.95. The zero-order chi connectivity index (χ0) is 21.5. The van der Waals surface area contributed by atoms with Crippen molar-refractivity contribution in [3.63, 3.8) is 0 Å². The summed E-state index contributed by atoms with van der Waals surface area (Å²) in [6, 6.07) is 7.25. The Morgan fingerprint density at radius 2 is 1.87 bits per heavy atom. The molecule has 0 saturated carbocycles. The minimum Gasteiger partial charge on any atom is -0.492 e. The fourth-order valence-electron chi connectivity index (χ4n) is 3.52. The fraction of sp³-hybridized carbons (Fsp3) is 0.409. The molecule has 1 aliphatic rings. The number of rotatable bonds is 9. The molecule has 30 heavy (non-hydrogen) atoms. The van der Waals surface area contributed by atoms with Crippen LogP contribution in [-0.4, -0.2) is 29.5 Å². The highest BCUT2D eigenvalue weighted by atomic mass is 32.1. The van der Waals surface area contributed by atoms with E-state index in [1.165, 1.54) is 11.3 Å². The first-order valence-corrected chi connectivity index (χ1v) is 11.0. The number of carbonyl (C=O) groups excluding carboxylic acids is 2. The van der Waals surface area contributed by atoms with Crippen LogP contribution in [0.5, 0.6) is 5.75 Å². The van der Waals surface area contributed by atoms with Crippen molar-refractivity contribution < 1.29 is 24.2 Å². The highest BCUT2D eigenvalue weighted by Gasteiger charge is 2.27. The molecule has 2 amide bonds. The summed E-state index contributed by atoms with van der Waals surface area (Å²) in [5, 5.41) is 15.1. The van der Waals surface area contributed by atoms with E-state index in [-0.39, 0.29) is 31.1 Å². The lowest BCUT2D eigenvalue weighted by Crippen LogP contribution is -2.19. The number of fused-ring (bicyclic) bond motifs is 1. The summed E-state index contributed by atoms with van der Waals surface area (Å²) in [4.78, 5) is 37.4. The molecule has 0 radical (unpaired) electrons. The van der Waals surface area contributed by atoms with Crippen molar-refractivity contribution in [2.24, 2.45) is 0 Å². The van der Waals surface area contributed by atoms with Crippen molar-refractivity contribution in [1.29, 1.82) is 0 Å². The second-order valence-corrected chi connectivity index (χ2v) is 8.20. The average Bonchev–Trinajstić information content (AvgIpc) is 3.07. The highest BCUT2D eigenvalue weighted by Crippen LogP contribution is 2.39. The van der Waals surface area contributed by atoms with Crippen molar-refractivity contribution in [2.75, 3.05) is 17.2 Å². The van der Waals surface area contributed by atoms with Crippen molar-refractivity contribution in [3.05, 3.63) is 40.3 Å². The molecule has 160 valence electrons. The van der Waals surface area contributed by atoms with Crippen molar-refractivity contribution >= 4 is 39.8 Å². The first kappa shape index (κ1) is 21.8. The molecule has 1 aliphatic carbocycles. The number of benzene rings is 1. The molecule has 0 bridgehead atoms. The Kier molecular flexibility index (Phi) is 7.46. The van der Waals surface area contributed by atoms with Gasteiger partial charge in [-0.25, -0.2) is 0 Å². The molecule has 1 heterocycles. The van der Waals surface area contributed by atoms with Crippen LogP contribution in [0, 0.1) is 0 Å². The third kappa shape index (κ3) is 5.38. The van der Waals surface area contributed by atoms with Gasteiger partial charge in [-0.15, -0.1) is 11.3 Å². The van der Waals surface area contributed by atoms with E-state index in [9.17, 15) is 14.4 Å². The molecule has 0 spiro atoms. The third-order valence-corrected chi connectivity index (χ3v) is 6.09. The van der Waals surface area contributed by atoms with Crippen LogP contribution in [0.4, 0.5) is 10.7 Å². The molecular formula is C22H26N2O5S. The minimum atomic E-state index is -0.928. The highest BCUT2D eigenvalue weighted by molar-refractivity contribution is 7.17. The summed E-state index contributed by atoms with van der Waals surface area (Å²) in [6.07, 6.45) is 4.06. The molecule has 0 fully saturated rings. The average molecular weight is 431 g/mol. The molecule has 3 N–H and O–H groups in total. The van der Waals surface area contributed by atoms with E-state index in [2.05, 4.69) is 10.6 Å². The topological polar surface area (TPSA) is 105 Å². The normalized spacial score (nSPS) is 12.7. The second kappa shape index (κ2) is 10.2. The summed E-state index contributed by atoms with van der Waals surface area (Å²) in [6.45, 7) is 2.37. The molecule has 2 aromatic rings. The molecule has 7 nitrogen and oxygen atoms in total. The minimum absolute atomic E-state index is 0.0596. The van der Waals surface area contributed by atoms with E-state index < -0.39 is 5.97 Å². The molecule has 0 unspecified atom stereocenters. The summed E-state index contributed by atoms with van der Waals surface area (Å²) in [7, 11) is 0. The van der Waals surface area contributed by atoms with E-state index in [1.54, 1.807) is 12.1 Å². The Hall–Kier alpha value is -2.87. The van der Waals surface area contributed by atoms with Gasteiger partial charge in [0.2, 0.25) is 5.91 Å². The maximum Gasteiger partial charge on any atom is 0.303 e. The number of aryl methyl sites for hydroxylation is 1. The van der Waals surface area contributed by atoms with Gasteiger partial charge in [0.15, 0.2) is 0 Å². The van der Waals surface area contributed by atoms with Crippen molar-refractivity contribution in [1.82, 2.24) is 0 Å². The molecule has 0 atom stereocenters. The van der Waals surface area contributed by atoms with Gasteiger partial charge in [-0.05, 0) is 56.7 Å². The number of amides is 2. The van der Waals surface area contributed by atoms with Crippen LogP contribution < -0.4 is 15.4 Å². The lowest BCUT2D eigenvalue weighted by Gasteiger charge is -2.15. The number of nitrogens with one attached hydrogen (secondary N) is 2. The summed E-state index contributed by atoms with van der Waals surface area (Å²) in [5.74, 6) is -0.889. The Bertz CT molecular complexity index is 938. The van der Waals surface area contributed by atoms with Crippen LogP contribution in [0.2, 0.25) is 0 Å². The smallest absolute Gasteiger partial charge is 0.303 e. The zero-order valence-corrected chi connectivity index (χ0v) is 17.8. The van der Waals surface area contributed by atoms with Gasteiger partial charge in [-0.2, -0.15) is 0 Å². The predicted octanol–water partition coefficient (Wildman–Crippen LogP) is 4.47.